The van der Waals surface area contributed by atoms with E-state index in [0.717, 1.165) is 11.5 Å². The van der Waals surface area contributed by atoms with E-state index in [9.17, 15) is 4.39 Å². The van der Waals surface area contributed by atoms with Gasteiger partial charge in [-0.1, -0.05) is 25.5 Å². The van der Waals surface area contributed by atoms with Crippen LogP contribution in [0.15, 0.2) is 24.3 Å². The van der Waals surface area contributed by atoms with E-state index in [1.54, 1.807) is 12.1 Å². The van der Waals surface area contributed by atoms with Crippen LogP contribution in [-0.4, -0.2) is 12.3 Å². The molecule has 14 heavy (non-hydrogen) atoms. The Morgan fingerprint density at radius 3 is 2.50 bits per heavy atom. The zero-order chi connectivity index (χ0) is 10.4. The maximum Gasteiger partial charge on any atom is 0.164 e. The third kappa shape index (κ3) is 3.06. The Bertz CT molecular complexity index is 273. The Hall–Kier alpha value is -0.420. The summed E-state index contributed by atoms with van der Waals surface area (Å²) in [4.78, 5) is 0. The first-order valence-electron chi connectivity index (χ1n) is 5.39. The van der Waals surface area contributed by atoms with Crippen LogP contribution in [0.4, 0.5) is 4.39 Å². The summed E-state index contributed by atoms with van der Waals surface area (Å²) >= 11 is 0. The molecule has 0 aliphatic heterocycles. The number of hydrogen-bond acceptors (Lipinski definition) is 0. The zero-order valence-electron chi connectivity index (χ0n) is 9.02. The molecule has 0 saturated carbocycles. The molecule has 0 aliphatic rings. The van der Waals surface area contributed by atoms with Gasteiger partial charge in [-0.05, 0) is 25.5 Å². The Balaban J connectivity index is 2.73. The maximum atomic E-state index is 13.5. The van der Waals surface area contributed by atoms with Gasteiger partial charge in [-0.25, -0.2) is 4.39 Å². The van der Waals surface area contributed by atoms with Gasteiger partial charge in [-0.15, -0.1) is 0 Å². The van der Waals surface area contributed by atoms with Crippen molar-refractivity contribution in [1.82, 2.24) is 0 Å². The fraction of sp³-hybridized carbons (Fsp3) is 0.500. The molecule has 0 heterocycles. The van der Waals surface area contributed by atoms with Crippen LogP contribution in [0, 0.1) is 5.82 Å². The van der Waals surface area contributed by atoms with Crippen molar-refractivity contribution in [3.05, 3.63) is 30.1 Å². The lowest BCUT2D eigenvalue weighted by molar-refractivity contribution is 0.636. The van der Waals surface area contributed by atoms with Crippen LogP contribution >= 0.6 is 7.92 Å². The Morgan fingerprint density at radius 2 is 1.93 bits per heavy atom. The lowest BCUT2D eigenvalue weighted by Crippen LogP contribution is -2.09. The van der Waals surface area contributed by atoms with Crippen LogP contribution in [0.3, 0.4) is 0 Å². The molecule has 0 aliphatic carbocycles. The number of hydrogen-bond donors (Lipinski definition) is 0. The van der Waals surface area contributed by atoms with E-state index in [4.69, 9.17) is 0 Å². The van der Waals surface area contributed by atoms with Gasteiger partial charge in [-0.2, -0.15) is 0 Å². The highest BCUT2D eigenvalue weighted by Crippen LogP contribution is 2.35. The van der Waals surface area contributed by atoms with Crippen LogP contribution in [0.2, 0.25) is 0 Å². The molecule has 1 unspecified atom stereocenters. The molecule has 0 amide bonds. The highest BCUT2D eigenvalue weighted by molar-refractivity contribution is 7.65. The third-order valence-corrected chi connectivity index (χ3v) is 5.49. The molecule has 0 N–H and O–H groups in total. The van der Waals surface area contributed by atoms with Gasteiger partial charge >= 0.3 is 0 Å². The van der Waals surface area contributed by atoms with Crippen molar-refractivity contribution < 1.29 is 4.39 Å². The predicted molar refractivity (Wildman–Crippen MR) is 64.7 cm³/mol. The van der Waals surface area contributed by atoms with Crippen molar-refractivity contribution in [3.63, 3.8) is 0 Å². The fourth-order valence-electron chi connectivity index (χ4n) is 1.64. The molecule has 0 spiro atoms. The lowest BCUT2D eigenvalue weighted by Gasteiger charge is -2.08. The van der Waals surface area contributed by atoms with Crippen LogP contribution in [0.25, 0.3) is 0 Å². The second kappa shape index (κ2) is 6.14. The first-order chi connectivity index (χ1) is 6.79. The summed E-state index contributed by atoms with van der Waals surface area (Å²) in [6, 6.07) is 7.27. The molecule has 0 fully saturated rings. The molecule has 2 heteroatoms. The SMILES string of the molecule is CCCC[PH+](CC)c1ccccc1F. The molecule has 0 aromatic heterocycles. The third-order valence-electron chi connectivity index (χ3n) is 2.51. The van der Waals surface area contributed by atoms with E-state index in [0.29, 0.717) is 0 Å². The number of benzene rings is 1. The molecule has 1 rings (SSSR count). The van der Waals surface area contributed by atoms with E-state index >= 15 is 0 Å². The minimum atomic E-state index is -0.629. The molecule has 0 nitrogen and oxygen atoms in total. The van der Waals surface area contributed by atoms with E-state index in [2.05, 4.69) is 13.8 Å². The maximum absolute atomic E-state index is 13.5. The van der Waals surface area contributed by atoms with Gasteiger partial charge in [0.05, 0.1) is 12.3 Å². The molecule has 0 saturated heterocycles. The molecule has 1 aromatic carbocycles. The predicted octanol–water partition coefficient (Wildman–Crippen LogP) is 3.49. The molecule has 0 bridgehead atoms. The second-order valence-corrected chi connectivity index (χ2v) is 6.49. The van der Waals surface area contributed by atoms with E-state index in [1.807, 2.05) is 12.1 Å². The highest BCUT2D eigenvalue weighted by atomic mass is 31.1. The van der Waals surface area contributed by atoms with Gasteiger partial charge in [0.1, 0.15) is 5.30 Å². The van der Waals surface area contributed by atoms with Crippen LogP contribution < -0.4 is 5.30 Å². The first kappa shape index (κ1) is 11.7. The monoisotopic (exact) mass is 213 g/mol. The van der Waals surface area contributed by atoms with Crippen LogP contribution in [0.1, 0.15) is 26.7 Å². The quantitative estimate of drug-likeness (QED) is 0.657. The minimum absolute atomic E-state index is 0.000609. The first-order valence-corrected chi connectivity index (χ1v) is 7.30. The summed E-state index contributed by atoms with van der Waals surface area (Å²) < 4.78 is 13.5. The van der Waals surface area contributed by atoms with Crippen molar-refractivity contribution in [2.24, 2.45) is 0 Å². The Morgan fingerprint density at radius 1 is 1.21 bits per heavy atom. The van der Waals surface area contributed by atoms with Gasteiger partial charge in [0.25, 0.3) is 0 Å². The van der Waals surface area contributed by atoms with Crippen molar-refractivity contribution in [3.8, 4) is 0 Å². The van der Waals surface area contributed by atoms with E-state index in [-0.39, 0.29) is 5.82 Å². The Labute approximate surface area is 87.3 Å². The average molecular weight is 213 g/mol. The van der Waals surface area contributed by atoms with Crippen molar-refractivity contribution in [2.75, 3.05) is 12.3 Å². The molecular formula is C12H19FP+. The van der Waals surface area contributed by atoms with E-state index < -0.39 is 7.92 Å². The van der Waals surface area contributed by atoms with Crippen molar-refractivity contribution in [1.29, 1.82) is 0 Å². The summed E-state index contributed by atoms with van der Waals surface area (Å²) in [5.74, 6) is -0.000609. The standard InChI is InChI=1S/C12H18FP/c1-3-5-10-14(4-2)12-9-7-6-8-11(12)13/h6-9H,3-5,10H2,1-2H3/p+1. The molecular weight excluding hydrogens is 194 g/mol. The number of halogens is 1. The van der Waals surface area contributed by atoms with Crippen molar-refractivity contribution >= 4 is 13.2 Å². The molecule has 1 aromatic rings. The number of rotatable bonds is 5. The summed E-state index contributed by atoms with van der Waals surface area (Å²) in [5.41, 5.74) is 0. The van der Waals surface area contributed by atoms with E-state index in [1.165, 1.54) is 19.0 Å². The smallest absolute Gasteiger partial charge is 0.164 e. The highest BCUT2D eigenvalue weighted by Gasteiger charge is 2.19. The minimum Gasteiger partial charge on any atom is -0.203 e. The lowest BCUT2D eigenvalue weighted by atomic mass is 10.3. The van der Waals surface area contributed by atoms with Gasteiger partial charge in [0.2, 0.25) is 0 Å². The molecule has 1 atom stereocenters. The second-order valence-electron chi connectivity index (χ2n) is 3.54. The summed E-state index contributed by atoms with van der Waals surface area (Å²) in [7, 11) is -0.629. The largest absolute Gasteiger partial charge is 0.203 e. The Kier molecular flexibility index (Phi) is 5.11. The summed E-state index contributed by atoms with van der Waals surface area (Å²) in [6.07, 6.45) is 4.78. The van der Waals surface area contributed by atoms with Gasteiger partial charge in [0, 0.05) is 7.92 Å². The number of unbranched alkanes of at least 4 members (excludes halogenated alkanes) is 1. The van der Waals surface area contributed by atoms with Crippen LogP contribution in [0.5, 0.6) is 0 Å². The topological polar surface area (TPSA) is 0 Å². The van der Waals surface area contributed by atoms with Crippen molar-refractivity contribution in [2.45, 2.75) is 26.7 Å². The zero-order valence-corrected chi connectivity index (χ0v) is 10.0. The molecule has 0 radical (unpaired) electrons. The van der Waals surface area contributed by atoms with Gasteiger partial charge in [-0.3, -0.25) is 0 Å². The fourth-order valence-corrected chi connectivity index (χ4v) is 4.18. The van der Waals surface area contributed by atoms with Gasteiger partial charge in [0.15, 0.2) is 5.82 Å². The average Bonchev–Trinajstić information content (AvgIpc) is 2.21. The van der Waals surface area contributed by atoms with Crippen LogP contribution in [-0.2, 0) is 0 Å². The normalized spacial score (nSPS) is 12.8. The summed E-state index contributed by atoms with van der Waals surface area (Å²) in [5, 5.41) is 0.994. The summed E-state index contributed by atoms with van der Waals surface area (Å²) in [6.45, 7) is 4.37. The molecule has 78 valence electrons. The van der Waals surface area contributed by atoms with Gasteiger partial charge < -0.3 is 0 Å².